The van der Waals surface area contributed by atoms with Crippen molar-refractivity contribution in [3.8, 4) is 0 Å². The van der Waals surface area contributed by atoms with Gasteiger partial charge in [-0.1, -0.05) is 19.3 Å². The van der Waals surface area contributed by atoms with E-state index in [9.17, 15) is 14.4 Å². The third kappa shape index (κ3) is 4.94. The van der Waals surface area contributed by atoms with Crippen molar-refractivity contribution in [2.24, 2.45) is 5.92 Å². The number of hydrogen-bond acceptors (Lipinski definition) is 3. The lowest BCUT2D eigenvalue weighted by atomic mass is 9.88. The average molecular weight is 324 g/mol. The van der Waals surface area contributed by atoms with Gasteiger partial charge in [0, 0.05) is 24.4 Å². The zero-order valence-electron chi connectivity index (χ0n) is 14.1. The average Bonchev–Trinajstić information content (AvgIpc) is 3.32. The predicted molar refractivity (Wildman–Crippen MR) is 85.8 cm³/mol. The second-order valence-corrected chi connectivity index (χ2v) is 7.00. The number of carbonyl (C=O) groups is 3. The van der Waals surface area contributed by atoms with Crippen LogP contribution in [0.1, 0.15) is 65.2 Å². The van der Waals surface area contributed by atoms with Gasteiger partial charge in [-0.2, -0.15) is 0 Å². The molecule has 23 heavy (non-hydrogen) atoms. The Labute approximate surface area is 137 Å². The Balaban J connectivity index is 1.85. The zero-order valence-corrected chi connectivity index (χ0v) is 14.1. The first kappa shape index (κ1) is 17.8. The van der Waals surface area contributed by atoms with Gasteiger partial charge in [0.05, 0.1) is 0 Å². The molecule has 0 spiro atoms. The Morgan fingerprint density at radius 2 is 1.70 bits per heavy atom. The molecule has 6 nitrogen and oxygen atoms in total. The van der Waals surface area contributed by atoms with Gasteiger partial charge in [0.1, 0.15) is 6.04 Å². The molecule has 0 aromatic rings. The quantitative estimate of drug-likeness (QED) is 0.749. The summed E-state index contributed by atoms with van der Waals surface area (Å²) >= 11 is 0. The second kappa shape index (κ2) is 7.79. The monoisotopic (exact) mass is 324 g/mol. The maximum absolute atomic E-state index is 12.5. The largest absolute Gasteiger partial charge is 0.480 e. The van der Waals surface area contributed by atoms with E-state index < -0.39 is 12.0 Å². The molecule has 0 bridgehead atoms. The molecule has 0 heterocycles. The molecular formula is C17H28N2O4. The van der Waals surface area contributed by atoms with Gasteiger partial charge in [-0.3, -0.25) is 9.59 Å². The number of hydrogen-bond donors (Lipinski definition) is 2. The normalized spacial score (nSPS) is 21.3. The van der Waals surface area contributed by atoms with Crippen molar-refractivity contribution in [1.82, 2.24) is 10.2 Å². The van der Waals surface area contributed by atoms with E-state index in [4.69, 9.17) is 5.11 Å². The third-order valence-electron chi connectivity index (χ3n) is 4.85. The highest BCUT2D eigenvalue weighted by Crippen LogP contribution is 2.29. The van der Waals surface area contributed by atoms with Crippen LogP contribution in [0.25, 0.3) is 0 Å². The molecular weight excluding hydrogens is 296 g/mol. The number of carbonyl (C=O) groups excluding carboxylic acids is 2. The summed E-state index contributed by atoms with van der Waals surface area (Å²) in [5.74, 6) is -1.06. The number of nitrogens with zero attached hydrogens (tertiary/aromatic N) is 1. The van der Waals surface area contributed by atoms with E-state index in [1.54, 1.807) is 6.92 Å². The van der Waals surface area contributed by atoms with Gasteiger partial charge in [-0.15, -0.1) is 0 Å². The topological polar surface area (TPSA) is 86.7 Å². The standard InChI is InChI=1S/C17H28N2O4/c1-11(18-16(21)13-6-4-3-5-7-13)10-15(20)19(14-8-9-14)12(2)17(22)23/h11-14H,3-10H2,1-2H3,(H,18,21)(H,22,23). The lowest BCUT2D eigenvalue weighted by molar-refractivity contribution is -0.150. The molecule has 0 saturated heterocycles. The number of aliphatic carboxylic acids is 1. The van der Waals surface area contributed by atoms with Crippen molar-refractivity contribution < 1.29 is 19.5 Å². The molecule has 6 heteroatoms. The van der Waals surface area contributed by atoms with Gasteiger partial charge in [0.2, 0.25) is 11.8 Å². The first-order chi connectivity index (χ1) is 10.9. The number of amides is 2. The van der Waals surface area contributed by atoms with Gasteiger partial charge in [0.15, 0.2) is 0 Å². The number of carboxylic acid groups (broad SMARTS) is 1. The Morgan fingerprint density at radius 1 is 1.09 bits per heavy atom. The van der Waals surface area contributed by atoms with Gasteiger partial charge in [0.25, 0.3) is 0 Å². The molecule has 2 unspecified atom stereocenters. The molecule has 2 atom stereocenters. The molecule has 2 amide bonds. The van der Waals surface area contributed by atoms with Crippen LogP contribution < -0.4 is 5.32 Å². The fourth-order valence-electron chi connectivity index (χ4n) is 3.35. The van der Waals surface area contributed by atoms with Crippen molar-refractivity contribution >= 4 is 17.8 Å². The molecule has 0 radical (unpaired) electrons. The van der Waals surface area contributed by atoms with Crippen molar-refractivity contribution in [1.29, 1.82) is 0 Å². The Kier molecular flexibility index (Phi) is 6.02. The molecule has 2 aliphatic carbocycles. The van der Waals surface area contributed by atoms with E-state index in [1.165, 1.54) is 11.3 Å². The Bertz CT molecular complexity index is 456. The maximum Gasteiger partial charge on any atom is 0.326 e. The van der Waals surface area contributed by atoms with Crippen LogP contribution in [0.2, 0.25) is 0 Å². The summed E-state index contributed by atoms with van der Waals surface area (Å²) in [6, 6.07) is -1.02. The lowest BCUT2D eigenvalue weighted by Gasteiger charge is -2.28. The first-order valence-corrected chi connectivity index (χ1v) is 8.74. The first-order valence-electron chi connectivity index (χ1n) is 8.74. The summed E-state index contributed by atoms with van der Waals surface area (Å²) < 4.78 is 0. The molecule has 2 aliphatic rings. The molecule has 130 valence electrons. The summed E-state index contributed by atoms with van der Waals surface area (Å²) in [5, 5.41) is 12.1. The van der Waals surface area contributed by atoms with E-state index in [0.29, 0.717) is 0 Å². The zero-order chi connectivity index (χ0) is 17.0. The summed E-state index contributed by atoms with van der Waals surface area (Å²) in [6.45, 7) is 3.36. The number of carboxylic acids is 1. The molecule has 0 aromatic heterocycles. The van der Waals surface area contributed by atoms with Crippen LogP contribution in [0.15, 0.2) is 0 Å². The van der Waals surface area contributed by atoms with E-state index in [0.717, 1.165) is 38.5 Å². The van der Waals surface area contributed by atoms with Crippen molar-refractivity contribution in [2.45, 2.75) is 83.3 Å². The summed E-state index contributed by atoms with van der Waals surface area (Å²) in [4.78, 5) is 37.3. The highest BCUT2D eigenvalue weighted by Gasteiger charge is 2.38. The van der Waals surface area contributed by atoms with Crippen molar-refractivity contribution in [3.05, 3.63) is 0 Å². The fourth-order valence-corrected chi connectivity index (χ4v) is 3.35. The van der Waals surface area contributed by atoms with Crippen LogP contribution in [0, 0.1) is 5.92 Å². The summed E-state index contributed by atoms with van der Waals surface area (Å²) in [7, 11) is 0. The lowest BCUT2D eigenvalue weighted by Crippen LogP contribution is -2.47. The van der Waals surface area contributed by atoms with Crippen LogP contribution in [-0.4, -0.2) is 45.9 Å². The van der Waals surface area contributed by atoms with Crippen LogP contribution in [0.4, 0.5) is 0 Å². The van der Waals surface area contributed by atoms with E-state index >= 15 is 0 Å². The predicted octanol–water partition coefficient (Wildman–Crippen LogP) is 1.93. The summed E-state index contributed by atoms with van der Waals surface area (Å²) in [5.41, 5.74) is 0. The third-order valence-corrected chi connectivity index (χ3v) is 4.85. The van der Waals surface area contributed by atoms with Gasteiger partial charge >= 0.3 is 5.97 Å². The van der Waals surface area contributed by atoms with Crippen molar-refractivity contribution in [2.75, 3.05) is 0 Å². The molecule has 0 aromatic carbocycles. The second-order valence-electron chi connectivity index (χ2n) is 7.00. The molecule has 2 rings (SSSR count). The SMILES string of the molecule is CC(CC(=O)N(C1CC1)C(C)C(=O)O)NC(=O)C1CCCCC1. The molecule has 2 fully saturated rings. The highest BCUT2D eigenvalue weighted by atomic mass is 16.4. The van der Waals surface area contributed by atoms with E-state index in [-0.39, 0.29) is 36.2 Å². The molecule has 0 aliphatic heterocycles. The van der Waals surface area contributed by atoms with Crippen molar-refractivity contribution in [3.63, 3.8) is 0 Å². The summed E-state index contributed by atoms with van der Waals surface area (Å²) in [6.07, 6.45) is 7.13. The van der Waals surface area contributed by atoms with Crippen LogP contribution in [-0.2, 0) is 14.4 Å². The fraction of sp³-hybridized carbons (Fsp3) is 0.824. The molecule has 2 N–H and O–H groups in total. The van der Waals surface area contributed by atoms with Gasteiger partial charge in [-0.05, 0) is 39.5 Å². The van der Waals surface area contributed by atoms with Gasteiger partial charge in [-0.25, -0.2) is 4.79 Å². The van der Waals surface area contributed by atoms with Crippen LogP contribution in [0.5, 0.6) is 0 Å². The highest BCUT2D eigenvalue weighted by molar-refractivity contribution is 5.85. The van der Waals surface area contributed by atoms with E-state index in [2.05, 4.69) is 5.32 Å². The van der Waals surface area contributed by atoms with E-state index in [1.807, 2.05) is 6.92 Å². The molecule has 2 saturated carbocycles. The van der Waals surface area contributed by atoms with Crippen LogP contribution >= 0.6 is 0 Å². The smallest absolute Gasteiger partial charge is 0.326 e. The van der Waals surface area contributed by atoms with Gasteiger partial charge < -0.3 is 15.3 Å². The number of nitrogens with one attached hydrogen (secondary N) is 1. The number of rotatable bonds is 7. The Morgan fingerprint density at radius 3 is 2.22 bits per heavy atom. The minimum Gasteiger partial charge on any atom is -0.480 e. The Hall–Kier alpha value is -1.59. The maximum atomic E-state index is 12.5. The minimum atomic E-state index is -0.982. The van der Waals surface area contributed by atoms with Crippen LogP contribution in [0.3, 0.4) is 0 Å². The minimum absolute atomic E-state index is 0.0363.